The van der Waals surface area contributed by atoms with Crippen LogP contribution in [0.3, 0.4) is 0 Å². The summed E-state index contributed by atoms with van der Waals surface area (Å²) in [7, 11) is 3.33. The number of ether oxygens (including phenoxy) is 1. The number of halogens is 1. The van der Waals surface area contributed by atoms with Crippen LogP contribution in [0.1, 0.15) is 21.5 Å². The van der Waals surface area contributed by atoms with E-state index in [0.29, 0.717) is 27.7 Å². The van der Waals surface area contributed by atoms with Crippen LogP contribution in [-0.2, 0) is 11.3 Å². The Hall–Kier alpha value is -3.22. The first kappa shape index (κ1) is 22.0. The number of fused-ring (bicyclic) bond motifs is 1. The number of rotatable bonds is 5. The molecule has 0 fully saturated rings. The highest BCUT2D eigenvalue weighted by Crippen LogP contribution is 2.42. The Balaban J connectivity index is 1.52. The summed E-state index contributed by atoms with van der Waals surface area (Å²) in [6.45, 7) is 0.393. The third-order valence-corrected chi connectivity index (χ3v) is 6.41. The fraction of sp³-hybridized carbons (Fsp3) is 0.120. The standard InChI is InChI=1S/C25H21ClN2O3S/c1-28-21-14-18(24(29)27-15-16-6-9-19(26)10-7-16)8-11-22(21)32-23(25(28)30)13-17-4-3-5-20(12-17)31-2/h3-14H,15H2,1-2H3,(H,27,29)/b23-13-. The van der Waals surface area contributed by atoms with Gasteiger partial charge in [-0.2, -0.15) is 0 Å². The SMILES string of the molecule is COc1cccc(/C=C2\Sc3ccc(C(=O)NCc4ccc(Cl)cc4)cc3N(C)C2=O)c1. The fourth-order valence-electron chi connectivity index (χ4n) is 3.30. The Bertz CT molecular complexity index is 1210. The predicted molar refractivity (Wildman–Crippen MR) is 129 cm³/mol. The number of likely N-dealkylation sites (N-methyl/N-ethyl adjacent to an activating group) is 1. The lowest BCUT2D eigenvalue weighted by Crippen LogP contribution is -2.31. The number of anilines is 1. The number of thioether (sulfide) groups is 1. The number of carbonyl (C=O) groups excluding carboxylic acids is 2. The van der Waals surface area contributed by atoms with Gasteiger partial charge in [0.15, 0.2) is 0 Å². The van der Waals surface area contributed by atoms with Crippen LogP contribution in [0.2, 0.25) is 5.02 Å². The van der Waals surface area contributed by atoms with Gasteiger partial charge in [-0.1, -0.05) is 47.6 Å². The summed E-state index contributed by atoms with van der Waals surface area (Å²) in [5, 5.41) is 3.56. The van der Waals surface area contributed by atoms with E-state index in [0.717, 1.165) is 21.8 Å². The second-order valence-corrected chi connectivity index (χ2v) is 8.76. The quantitative estimate of drug-likeness (QED) is 0.514. The molecule has 0 aliphatic carbocycles. The van der Waals surface area contributed by atoms with Gasteiger partial charge in [0.2, 0.25) is 0 Å². The van der Waals surface area contributed by atoms with E-state index in [2.05, 4.69) is 5.32 Å². The van der Waals surface area contributed by atoms with Crippen LogP contribution in [0.15, 0.2) is 76.5 Å². The zero-order valence-corrected chi connectivity index (χ0v) is 19.2. The molecule has 2 amide bonds. The first-order valence-corrected chi connectivity index (χ1v) is 11.1. The van der Waals surface area contributed by atoms with Gasteiger partial charge in [-0.05, 0) is 59.7 Å². The second kappa shape index (κ2) is 9.51. The average molecular weight is 465 g/mol. The van der Waals surface area contributed by atoms with Crippen LogP contribution in [0.5, 0.6) is 5.75 Å². The summed E-state index contributed by atoms with van der Waals surface area (Å²) in [5.41, 5.74) is 3.05. The topological polar surface area (TPSA) is 58.6 Å². The van der Waals surface area contributed by atoms with Gasteiger partial charge in [0.1, 0.15) is 5.75 Å². The van der Waals surface area contributed by atoms with Crippen molar-refractivity contribution in [3.05, 3.63) is 93.3 Å². The van der Waals surface area contributed by atoms with E-state index in [4.69, 9.17) is 16.3 Å². The third kappa shape index (κ3) is 4.82. The maximum atomic E-state index is 13.0. The molecule has 1 aliphatic heterocycles. The molecule has 1 N–H and O–H groups in total. The lowest BCUT2D eigenvalue weighted by atomic mass is 10.1. The Morgan fingerprint density at radius 1 is 1.12 bits per heavy atom. The van der Waals surface area contributed by atoms with E-state index in [1.165, 1.54) is 11.8 Å². The lowest BCUT2D eigenvalue weighted by Gasteiger charge is -2.27. The van der Waals surface area contributed by atoms with Gasteiger partial charge in [-0.25, -0.2) is 0 Å². The van der Waals surface area contributed by atoms with Crippen LogP contribution in [0.4, 0.5) is 5.69 Å². The largest absolute Gasteiger partial charge is 0.497 e. The third-order valence-electron chi connectivity index (χ3n) is 5.08. The van der Waals surface area contributed by atoms with Crippen molar-refractivity contribution in [2.75, 3.05) is 19.1 Å². The molecule has 0 spiro atoms. The summed E-state index contributed by atoms with van der Waals surface area (Å²) < 4.78 is 5.26. The van der Waals surface area contributed by atoms with Gasteiger partial charge < -0.3 is 15.0 Å². The number of nitrogens with one attached hydrogen (secondary N) is 1. The van der Waals surface area contributed by atoms with Crippen molar-refractivity contribution in [1.29, 1.82) is 0 Å². The molecule has 162 valence electrons. The van der Waals surface area contributed by atoms with E-state index >= 15 is 0 Å². The van der Waals surface area contributed by atoms with E-state index in [-0.39, 0.29) is 11.8 Å². The predicted octanol–water partition coefficient (Wildman–Crippen LogP) is 5.39. The molecule has 1 heterocycles. The normalized spacial score (nSPS) is 14.3. The number of nitrogens with zero attached hydrogens (tertiary/aromatic N) is 1. The van der Waals surface area contributed by atoms with Gasteiger partial charge in [-0.3, -0.25) is 9.59 Å². The fourth-order valence-corrected chi connectivity index (χ4v) is 4.52. The minimum Gasteiger partial charge on any atom is -0.497 e. The second-order valence-electron chi connectivity index (χ2n) is 7.24. The molecule has 0 aromatic heterocycles. The first-order chi connectivity index (χ1) is 15.4. The van der Waals surface area contributed by atoms with Gasteiger partial charge in [0.05, 0.1) is 17.7 Å². The summed E-state index contributed by atoms with van der Waals surface area (Å²) >= 11 is 7.30. The number of methoxy groups -OCH3 is 1. The van der Waals surface area contributed by atoms with Crippen molar-refractivity contribution >= 4 is 46.9 Å². The Morgan fingerprint density at radius 3 is 2.66 bits per heavy atom. The molecule has 0 atom stereocenters. The maximum absolute atomic E-state index is 13.0. The summed E-state index contributed by atoms with van der Waals surface area (Å²) in [6.07, 6.45) is 1.85. The molecule has 0 unspecified atom stereocenters. The zero-order chi connectivity index (χ0) is 22.7. The highest BCUT2D eigenvalue weighted by molar-refractivity contribution is 8.04. The van der Waals surface area contributed by atoms with E-state index < -0.39 is 0 Å². The first-order valence-electron chi connectivity index (χ1n) is 9.93. The van der Waals surface area contributed by atoms with Gasteiger partial charge in [0.25, 0.3) is 11.8 Å². The van der Waals surface area contributed by atoms with Crippen LogP contribution in [0.25, 0.3) is 6.08 Å². The molecule has 0 radical (unpaired) electrons. The number of benzene rings is 3. The molecular formula is C25H21ClN2O3S. The molecule has 3 aromatic carbocycles. The minimum atomic E-state index is -0.202. The number of carbonyl (C=O) groups is 2. The molecular weight excluding hydrogens is 444 g/mol. The Labute approximate surface area is 196 Å². The maximum Gasteiger partial charge on any atom is 0.264 e. The molecule has 5 nitrogen and oxygen atoms in total. The molecule has 1 aliphatic rings. The molecule has 0 saturated carbocycles. The number of hydrogen-bond donors (Lipinski definition) is 1. The van der Waals surface area contributed by atoms with Crippen molar-refractivity contribution in [1.82, 2.24) is 5.32 Å². The van der Waals surface area contributed by atoms with Crippen molar-refractivity contribution < 1.29 is 14.3 Å². The molecule has 7 heteroatoms. The number of hydrogen-bond acceptors (Lipinski definition) is 4. The van der Waals surface area contributed by atoms with Crippen molar-refractivity contribution in [2.45, 2.75) is 11.4 Å². The lowest BCUT2D eigenvalue weighted by molar-refractivity contribution is -0.114. The average Bonchev–Trinajstić information content (AvgIpc) is 2.81. The van der Waals surface area contributed by atoms with Gasteiger partial charge in [-0.15, -0.1) is 0 Å². The summed E-state index contributed by atoms with van der Waals surface area (Å²) in [6, 6.07) is 20.3. The van der Waals surface area contributed by atoms with Crippen LogP contribution < -0.4 is 15.0 Å². The highest BCUT2D eigenvalue weighted by Gasteiger charge is 2.27. The monoisotopic (exact) mass is 464 g/mol. The summed E-state index contributed by atoms with van der Waals surface area (Å²) in [4.78, 5) is 28.7. The van der Waals surface area contributed by atoms with Crippen molar-refractivity contribution in [3.63, 3.8) is 0 Å². The van der Waals surface area contributed by atoms with E-state index in [1.807, 2.05) is 48.5 Å². The van der Waals surface area contributed by atoms with Crippen molar-refractivity contribution in [3.8, 4) is 5.75 Å². The molecule has 4 rings (SSSR count). The Kier molecular flexibility index (Phi) is 6.53. The molecule has 32 heavy (non-hydrogen) atoms. The van der Waals surface area contributed by atoms with E-state index in [9.17, 15) is 9.59 Å². The van der Waals surface area contributed by atoms with Crippen molar-refractivity contribution in [2.24, 2.45) is 0 Å². The minimum absolute atomic E-state index is 0.121. The zero-order valence-electron chi connectivity index (χ0n) is 17.6. The van der Waals surface area contributed by atoms with Gasteiger partial charge >= 0.3 is 0 Å². The van der Waals surface area contributed by atoms with Crippen LogP contribution in [-0.4, -0.2) is 26.0 Å². The molecule has 0 bridgehead atoms. The van der Waals surface area contributed by atoms with Crippen LogP contribution in [0, 0.1) is 0 Å². The Morgan fingerprint density at radius 2 is 1.91 bits per heavy atom. The van der Waals surface area contributed by atoms with E-state index in [1.54, 1.807) is 43.3 Å². The van der Waals surface area contributed by atoms with Gasteiger partial charge in [0, 0.05) is 29.1 Å². The molecule has 3 aromatic rings. The van der Waals surface area contributed by atoms with Crippen LogP contribution >= 0.6 is 23.4 Å². The molecule has 0 saturated heterocycles. The smallest absolute Gasteiger partial charge is 0.264 e. The highest BCUT2D eigenvalue weighted by atomic mass is 35.5. The summed E-state index contributed by atoms with van der Waals surface area (Å²) in [5.74, 6) is 0.408. The number of amides is 2.